The molecule has 0 atom stereocenters. The van der Waals surface area contributed by atoms with Crippen molar-refractivity contribution in [3.05, 3.63) is 206 Å². The minimum Gasteiger partial charge on any atom is -0.452 e. The minimum absolute atomic E-state index is 0.768. The summed E-state index contributed by atoms with van der Waals surface area (Å²) in [4.78, 5) is 4.63. The molecular weight excluding hydrogens is 697 g/mol. The maximum atomic E-state index is 6.72. The molecule has 0 aromatic heterocycles. The predicted octanol–water partition coefficient (Wildman–Crippen LogP) is 14.8. The number of hydrogen-bond donors (Lipinski definition) is 0. The summed E-state index contributed by atoms with van der Waals surface area (Å²) in [7, 11) is 0. The molecule has 0 aliphatic carbocycles. The number of para-hydroxylation sites is 2. The van der Waals surface area contributed by atoms with Crippen LogP contribution in [0, 0.1) is 0 Å². The molecule has 57 heavy (non-hydrogen) atoms. The average molecular weight is 737 g/mol. The van der Waals surface area contributed by atoms with Crippen molar-refractivity contribution >= 4 is 55.7 Å². The van der Waals surface area contributed by atoms with Gasteiger partial charge in [0.15, 0.2) is 0 Å². The second kappa shape index (κ2) is 14.1. The Labute approximate surface area is 333 Å². The number of fused-ring (bicyclic) bond motifs is 5. The van der Waals surface area contributed by atoms with E-state index in [0.29, 0.717) is 0 Å². The lowest BCUT2D eigenvalue weighted by atomic mass is 9.97. The van der Waals surface area contributed by atoms with E-state index in [1.807, 2.05) is 13.8 Å². The molecular formula is C53H40N2O2. The third kappa shape index (κ3) is 6.41. The van der Waals surface area contributed by atoms with Crippen LogP contribution in [0.3, 0.4) is 0 Å². The summed E-state index contributed by atoms with van der Waals surface area (Å²) in [5.74, 6) is 0.625. The predicted molar refractivity (Wildman–Crippen MR) is 237 cm³/mol. The van der Waals surface area contributed by atoms with Crippen LogP contribution in [0.5, 0.6) is 11.5 Å². The molecule has 0 saturated heterocycles. The summed E-state index contributed by atoms with van der Waals surface area (Å²) in [6, 6.07) is 72.9. The van der Waals surface area contributed by atoms with Crippen molar-refractivity contribution in [3.8, 4) is 33.8 Å². The van der Waals surface area contributed by atoms with Gasteiger partial charge in [-0.1, -0.05) is 127 Å². The van der Waals surface area contributed by atoms with E-state index in [1.165, 1.54) is 21.5 Å². The van der Waals surface area contributed by atoms with E-state index in [-0.39, 0.29) is 0 Å². The van der Waals surface area contributed by atoms with Gasteiger partial charge in [-0.3, -0.25) is 0 Å². The molecule has 0 saturated carbocycles. The second-order valence-corrected chi connectivity index (χ2v) is 14.9. The zero-order valence-corrected chi connectivity index (χ0v) is 31.8. The van der Waals surface area contributed by atoms with Crippen LogP contribution in [0.4, 0.5) is 34.1 Å². The summed E-state index contributed by atoms with van der Waals surface area (Å²) in [6.45, 7) is 3.95. The fourth-order valence-electron chi connectivity index (χ4n) is 8.13. The molecule has 0 amide bonds. The van der Waals surface area contributed by atoms with E-state index in [4.69, 9.17) is 9.47 Å². The van der Waals surface area contributed by atoms with Gasteiger partial charge in [0.25, 0.3) is 0 Å². The number of anilines is 6. The normalized spacial score (nSPS) is 12.8. The molecule has 1 aliphatic heterocycles. The first-order chi connectivity index (χ1) is 28.0. The van der Waals surface area contributed by atoms with Crippen LogP contribution < -0.4 is 19.3 Å². The molecule has 0 bridgehead atoms. The van der Waals surface area contributed by atoms with Crippen LogP contribution in [-0.2, 0) is 0 Å². The smallest absolute Gasteiger partial charge is 0.245 e. The number of hydrogen-bond acceptors (Lipinski definition) is 4. The molecule has 0 fully saturated rings. The van der Waals surface area contributed by atoms with Crippen LogP contribution in [-0.4, -0.2) is 5.79 Å². The van der Waals surface area contributed by atoms with E-state index in [1.54, 1.807) is 0 Å². The molecule has 0 unspecified atom stereocenters. The highest BCUT2D eigenvalue weighted by atomic mass is 16.7. The van der Waals surface area contributed by atoms with Gasteiger partial charge >= 0.3 is 0 Å². The van der Waals surface area contributed by atoms with Crippen molar-refractivity contribution < 1.29 is 9.47 Å². The quantitative estimate of drug-likeness (QED) is 0.163. The first kappa shape index (κ1) is 34.2. The Morgan fingerprint density at radius 1 is 0.351 bits per heavy atom. The maximum Gasteiger partial charge on any atom is 0.245 e. The summed E-state index contributed by atoms with van der Waals surface area (Å²) in [6.07, 6.45) is 0. The summed E-state index contributed by atoms with van der Waals surface area (Å²) in [5, 5.41) is 4.78. The van der Waals surface area contributed by atoms with E-state index in [2.05, 4.69) is 216 Å². The molecule has 0 N–H and O–H groups in total. The zero-order valence-electron chi connectivity index (χ0n) is 31.8. The van der Waals surface area contributed by atoms with Crippen LogP contribution in [0.25, 0.3) is 43.8 Å². The van der Waals surface area contributed by atoms with Gasteiger partial charge in [-0.2, -0.15) is 0 Å². The molecule has 274 valence electrons. The van der Waals surface area contributed by atoms with Gasteiger partial charge in [0.1, 0.15) is 11.5 Å². The van der Waals surface area contributed by atoms with Crippen LogP contribution >= 0.6 is 0 Å². The highest BCUT2D eigenvalue weighted by Crippen LogP contribution is 2.48. The van der Waals surface area contributed by atoms with Crippen LogP contribution in [0.1, 0.15) is 13.8 Å². The van der Waals surface area contributed by atoms with E-state index in [9.17, 15) is 0 Å². The number of nitrogens with zero attached hydrogens (tertiary/aromatic N) is 2. The first-order valence-electron chi connectivity index (χ1n) is 19.4. The van der Waals surface area contributed by atoms with Crippen LogP contribution in [0.2, 0.25) is 0 Å². The Bertz CT molecular complexity index is 2880. The lowest BCUT2D eigenvalue weighted by Gasteiger charge is -2.29. The molecule has 1 aliphatic rings. The van der Waals surface area contributed by atoms with Crippen molar-refractivity contribution in [2.75, 3.05) is 9.80 Å². The molecule has 0 spiro atoms. The van der Waals surface area contributed by atoms with Crippen molar-refractivity contribution in [1.82, 2.24) is 0 Å². The summed E-state index contributed by atoms with van der Waals surface area (Å²) >= 11 is 0. The average Bonchev–Trinajstić information content (AvgIpc) is 3.36. The van der Waals surface area contributed by atoms with Gasteiger partial charge in [-0.05, 0) is 94.7 Å². The van der Waals surface area contributed by atoms with Gasteiger partial charge in [-0.25, -0.2) is 0 Å². The molecule has 10 rings (SSSR count). The van der Waals surface area contributed by atoms with Gasteiger partial charge in [-0.15, -0.1) is 0 Å². The molecule has 9 aromatic rings. The highest BCUT2D eigenvalue weighted by Gasteiger charge is 2.31. The molecule has 4 heteroatoms. The van der Waals surface area contributed by atoms with Crippen molar-refractivity contribution in [3.63, 3.8) is 0 Å². The lowest BCUT2D eigenvalue weighted by molar-refractivity contribution is -0.0778. The zero-order chi connectivity index (χ0) is 38.3. The van der Waals surface area contributed by atoms with E-state index >= 15 is 0 Å². The highest BCUT2D eigenvalue weighted by molar-refractivity contribution is 6.00. The molecule has 1 heterocycles. The maximum absolute atomic E-state index is 6.72. The topological polar surface area (TPSA) is 24.9 Å². The van der Waals surface area contributed by atoms with Gasteiger partial charge in [0, 0.05) is 64.6 Å². The summed E-state index contributed by atoms with van der Waals surface area (Å²) < 4.78 is 13.4. The third-order valence-electron chi connectivity index (χ3n) is 10.7. The Morgan fingerprint density at radius 2 is 0.772 bits per heavy atom. The van der Waals surface area contributed by atoms with Crippen molar-refractivity contribution in [2.24, 2.45) is 0 Å². The SMILES string of the molecule is CC1(C)Oc2cc(-c3ccc(N(c4ccccc4)c4cccc5ccccc45)cc3)ccc2-c2ccc(N(c3ccccc3)c3cccc4ccccc34)cc2O1. The van der Waals surface area contributed by atoms with Crippen molar-refractivity contribution in [1.29, 1.82) is 0 Å². The van der Waals surface area contributed by atoms with Gasteiger partial charge in [0.2, 0.25) is 5.79 Å². The second-order valence-electron chi connectivity index (χ2n) is 14.9. The minimum atomic E-state index is -0.924. The number of ether oxygens (including phenoxy) is 2. The monoisotopic (exact) mass is 736 g/mol. The Balaban J connectivity index is 1.03. The number of rotatable bonds is 7. The lowest BCUT2D eigenvalue weighted by Crippen LogP contribution is -2.34. The van der Waals surface area contributed by atoms with Crippen molar-refractivity contribution in [2.45, 2.75) is 19.6 Å². The van der Waals surface area contributed by atoms with Crippen LogP contribution in [0.15, 0.2) is 206 Å². The molecule has 9 aromatic carbocycles. The Hall–Kier alpha value is -7.30. The Kier molecular flexibility index (Phi) is 8.45. The molecule has 0 radical (unpaired) electrons. The fourth-order valence-corrected chi connectivity index (χ4v) is 8.13. The van der Waals surface area contributed by atoms with E-state index in [0.717, 1.165) is 67.9 Å². The third-order valence-corrected chi connectivity index (χ3v) is 10.7. The van der Waals surface area contributed by atoms with E-state index < -0.39 is 5.79 Å². The molecule has 4 nitrogen and oxygen atoms in total. The standard InChI is InChI=1S/C53H40N2O2/c1-53(2)56-51-35-40(37-27-30-43(31-28-37)54(41-19-5-3-6-20-41)49-25-13-17-38-15-9-11-23-45(38)49)29-33-47(51)48-34-32-44(36-52(48)57-53)55(42-21-7-4-8-22-42)50-26-14-18-39-16-10-12-24-46(39)50/h3-36H,1-2H3. The largest absolute Gasteiger partial charge is 0.452 e. The summed E-state index contributed by atoms with van der Waals surface area (Å²) in [5.41, 5.74) is 10.6. The number of benzene rings is 9. The fraction of sp³-hybridized carbons (Fsp3) is 0.0566. The van der Waals surface area contributed by atoms with Gasteiger partial charge < -0.3 is 19.3 Å². The van der Waals surface area contributed by atoms with Gasteiger partial charge in [0.05, 0.1) is 11.4 Å². The Morgan fingerprint density at radius 3 is 1.35 bits per heavy atom. The first-order valence-corrected chi connectivity index (χ1v) is 19.4.